The lowest BCUT2D eigenvalue weighted by atomic mass is 9.91. The van der Waals surface area contributed by atoms with Gasteiger partial charge < -0.3 is 10.6 Å². The molecule has 1 fully saturated rings. The second kappa shape index (κ2) is 10.4. The highest BCUT2D eigenvalue weighted by molar-refractivity contribution is 5.85. The topological polar surface area (TPSA) is 54.0 Å². The first-order chi connectivity index (χ1) is 11.2. The number of hydrogen-bond donors (Lipinski definition) is 2. The van der Waals surface area contributed by atoms with Crippen molar-refractivity contribution in [2.75, 3.05) is 6.54 Å². The molecule has 136 valence electrons. The lowest BCUT2D eigenvalue weighted by molar-refractivity contribution is -0.126. The van der Waals surface area contributed by atoms with Crippen molar-refractivity contribution < 1.29 is 4.79 Å². The molecule has 0 radical (unpaired) electrons. The molecule has 1 aliphatic rings. The Hall–Kier alpha value is -1.62. The number of rotatable bonds is 4. The Morgan fingerprint density at radius 1 is 1.16 bits per heavy atom. The van der Waals surface area contributed by atoms with Crippen molar-refractivity contribution in [1.29, 1.82) is 0 Å². The van der Waals surface area contributed by atoms with Crippen molar-refractivity contribution in [2.24, 2.45) is 5.92 Å². The van der Waals surface area contributed by atoms with Crippen molar-refractivity contribution in [3.8, 4) is 0 Å². The Morgan fingerprint density at radius 3 is 2.52 bits per heavy atom. The second-order valence-corrected chi connectivity index (χ2v) is 6.22. The number of aromatic nitrogens is 1. The predicted octanol–water partition coefficient (Wildman–Crippen LogP) is 3.52. The van der Waals surface area contributed by atoms with E-state index in [1.54, 1.807) is 6.20 Å². The van der Waals surface area contributed by atoms with Gasteiger partial charge in [-0.2, -0.15) is 0 Å². The Bertz CT molecular complexity index is 600. The summed E-state index contributed by atoms with van der Waals surface area (Å²) in [5, 5.41) is 6.63. The lowest BCUT2D eigenvalue weighted by Crippen LogP contribution is -2.43. The van der Waals surface area contributed by atoms with Crippen molar-refractivity contribution in [2.45, 2.75) is 31.8 Å². The smallest absolute Gasteiger partial charge is 0.223 e. The van der Waals surface area contributed by atoms with Gasteiger partial charge >= 0.3 is 0 Å². The van der Waals surface area contributed by atoms with Gasteiger partial charge in [0.05, 0.1) is 6.04 Å². The fraction of sp³-hybridized carbons (Fsp3) is 0.368. The molecule has 1 aromatic heterocycles. The first-order valence-corrected chi connectivity index (χ1v) is 8.22. The van der Waals surface area contributed by atoms with Crippen molar-refractivity contribution in [3.63, 3.8) is 0 Å². The molecule has 4 nitrogen and oxygen atoms in total. The molecular weight excluding hydrogens is 357 g/mol. The van der Waals surface area contributed by atoms with E-state index in [2.05, 4.69) is 22.5 Å². The number of piperidine rings is 1. The zero-order valence-electron chi connectivity index (χ0n) is 14.2. The van der Waals surface area contributed by atoms with Crippen LogP contribution in [-0.2, 0) is 4.79 Å². The summed E-state index contributed by atoms with van der Waals surface area (Å²) >= 11 is 0. The summed E-state index contributed by atoms with van der Waals surface area (Å²) in [4.78, 5) is 16.9. The van der Waals surface area contributed by atoms with Gasteiger partial charge in [-0.1, -0.05) is 36.4 Å². The maximum absolute atomic E-state index is 12.7. The molecule has 25 heavy (non-hydrogen) atoms. The highest BCUT2D eigenvalue weighted by Gasteiger charge is 2.27. The Morgan fingerprint density at radius 2 is 1.88 bits per heavy atom. The molecule has 1 unspecified atom stereocenters. The number of nitrogens with one attached hydrogen (secondary N) is 2. The third-order valence-electron chi connectivity index (χ3n) is 4.43. The van der Waals surface area contributed by atoms with Crippen molar-refractivity contribution in [1.82, 2.24) is 15.6 Å². The molecule has 2 N–H and O–H groups in total. The number of halogens is 2. The van der Waals surface area contributed by atoms with E-state index in [9.17, 15) is 4.79 Å². The van der Waals surface area contributed by atoms with Gasteiger partial charge in [-0.3, -0.25) is 9.78 Å². The maximum Gasteiger partial charge on any atom is 0.223 e. The summed E-state index contributed by atoms with van der Waals surface area (Å²) in [6.07, 6.45) is 5.36. The first-order valence-electron chi connectivity index (χ1n) is 8.22. The largest absolute Gasteiger partial charge is 0.345 e. The summed E-state index contributed by atoms with van der Waals surface area (Å²) in [5.74, 6) is 0.213. The van der Waals surface area contributed by atoms with Crippen molar-refractivity contribution >= 4 is 30.7 Å². The fourth-order valence-corrected chi connectivity index (χ4v) is 3.18. The number of pyridine rings is 1. The fourth-order valence-electron chi connectivity index (χ4n) is 3.18. The van der Waals surface area contributed by atoms with Gasteiger partial charge in [0.1, 0.15) is 0 Å². The highest BCUT2D eigenvalue weighted by atomic mass is 35.5. The van der Waals surface area contributed by atoms with E-state index in [0.717, 1.165) is 30.5 Å². The van der Waals surface area contributed by atoms with E-state index in [1.165, 1.54) is 0 Å². The van der Waals surface area contributed by atoms with Crippen LogP contribution in [0.25, 0.3) is 0 Å². The average Bonchev–Trinajstić information content (AvgIpc) is 2.61. The Balaban J connectivity index is 0.00000156. The predicted molar refractivity (Wildman–Crippen MR) is 105 cm³/mol. The summed E-state index contributed by atoms with van der Waals surface area (Å²) in [7, 11) is 0. The lowest BCUT2D eigenvalue weighted by Gasteiger charge is -2.29. The zero-order valence-corrected chi connectivity index (χ0v) is 15.9. The van der Waals surface area contributed by atoms with E-state index >= 15 is 0 Å². The molecule has 3 atom stereocenters. The summed E-state index contributed by atoms with van der Waals surface area (Å²) < 4.78 is 0. The molecule has 2 heterocycles. The van der Waals surface area contributed by atoms with Crippen LogP contribution in [0.1, 0.15) is 36.9 Å². The van der Waals surface area contributed by atoms with Crippen LogP contribution in [0.15, 0.2) is 54.9 Å². The van der Waals surface area contributed by atoms with Gasteiger partial charge in [0, 0.05) is 24.4 Å². The third-order valence-corrected chi connectivity index (χ3v) is 4.43. The van der Waals surface area contributed by atoms with Gasteiger partial charge in [-0.15, -0.1) is 24.8 Å². The van der Waals surface area contributed by atoms with Crippen LogP contribution in [0.4, 0.5) is 0 Å². The Kier molecular flexibility index (Phi) is 8.90. The number of nitrogens with zero attached hydrogens (tertiary/aromatic N) is 1. The minimum atomic E-state index is -0.150. The second-order valence-electron chi connectivity index (χ2n) is 6.22. The van der Waals surface area contributed by atoms with E-state index in [1.807, 2.05) is 48.7 Å². The number of benzene rings is 1. The average molecular weight is 382 g/mol. The van der Waals surface area contributed by atoms with Gasteiger partial charge in [0.15, 0.2) is 0 Å². The number of amides is 1. The summed E-state index contributed by atoms with van der Waals surface area (Å²) in [6, 6.07) is 14.2. The Labute approximate surface area is 161 Å². The minimum Gasteiger partial charge on any atom is -0.345 e. The standard InChI is InChI=1S/C19H23N3O.2ClH/c1-14-12-16(9-11-21-14)19(23)22-18(15-6-3-2-4-7-15)17-8-5-10-20-13-17;;/h2-8,10,13-14,16,18,21H,9,11-12H2,1H3,(H,22,23);2*1H/t14-,16-,18?;;/m0../s1. The number of carbonyl (C=O) groups is 1. The number of hydrogen-bond acceptors (Lipinski definition) is 3. The molecule has 2 aromatic rings. The monoisotopic (exact) mass is 381 g/mol. The summed E-state index contributed by atoms with van der Waals surface area (Å²) in [6.45, 7) is 3.04. The molecule has 3 rings (SSSR count). The van der Waals surface area contributed by atoms with Gasteiger partial charge in [-0.05, 0) is 43.5 Å². The molecule has 0 aliphatic carbocycles. The van der Waals surface area contributed by atoms with Crippen LogP contribution in [-0.4, -0.2) is 23.5 Å². The van der Waals surface area contributed by atoms with Crippen LogP contribution >= 0.6 is 24.8 Å². The first kappa shape index (κ1) is 21.4. The van der Waals surface area contributed by atoms with E-state index in [-0.39, 0.29) is 42.7 Å². The third kappa shape index (κ3) is 5.70. The molecular formula is C19H25Cl2N3O. The maximum atomic E-state index is 12.7. The molecule has 0 spiro atoms. The summed E-state index contributed by atoms with van der Waals surface area (Å²) in [5.41, 5.74) is 2.09. The molecule has 1 aromatic carbocycles. The molecule has 6 heteroatoms. The van der Waals surface area contributed by atoms with Crippen molar-refractivity contribution in [3.05, 3.63) is 66.0 Å². The van der Waals surface area contributed by atoms with Crippen LogP contribution in [0, 0.1) is 5.92 Å². The normalized spacial score (nSPS) is 20.5. The highest BCUT2D eigenvalue weighted by Crippen LogP contribution is 2.23. The molecule has 0 bridgehead atoms. The van der Waals surface area contributed by atoms with Gasteiger partial charge in [0.25, 0.3) is 0 Å². The zero-order chi connectivity index (χ0) is 16.1. The van der Waals surface area contributed by atoms with Crippen LogP contribution in [0.5, 0.6) is 0 Å². The molecule has 1 amide bonds. The molecule has 1 aliphatic heterocycles. The van der Waals surface area contributed by atoms with Crippen LogP contribution in [0.2, 0.25) is 0 Å². The van der Waals surface area contributed by atoms with Crippen LogP contribution < -0.4 is 10.6 Å². The number of carbonyl (C=O) groups excluding carboxylic acids is 1. The van der Waals surface area contributed by atoms with Gasteiger partial charge in [0.2, 0.25) is 5.91 Å². The van der Waals surface area contributed by atoms with E-state index in [4.69, 9.17) is 0 Å². The SMILES string of the molecule is C[C@H]1C[C@@H](C(=O)NC(c2ccccc2)c2cccnc2)CCN1.Cl.Cl. The molecule has 0 saturated carbocycles. The van der Waals surface area contributed by atoms with Crippen LogP contribution in [0.3, 0.4) is 0 Å². The molecule has 1 saturated heterocycles. The van der Waals surface area contributed by atoms with Gasteiger partial charge in [-0.25, -0.2) is 0 Å². The quantitative estimate of drug-likeness (QED) is 0.851. The minimum absolute atomic E-state index is 0. The van der Waals surface area contributed by atoms with E-state index < -0.39 is 0 Å². The van der Waals surface area contributed by atoms with E-state index in [0.29, 0.717) is 6.04 Å².